The van der Waals surface area contributed by atoms with Gasteiger partial charge in [0.2, 0.25) is 11.8 Å². The molecule has 0 saturated carbocycles. The minimum absolute atomic E-state index is 0.0177. The van der Waals surface area contributed by atoms with Gasteiger partial charge in [-0.25, -0.2) is 12.7 Å². The van der Waals surface area contributed by atoms with E-state index < -0.39 is 22.0 Å². The third-order valence-corrected chi connectivity index (χ3v) is 7.51. The first kappa shape index (κ1) is 25.2. The van der Waals surface area contributed by atoms with Gasteiger partial charge in [-0.05, 0) is 50.1 Å². The highest BCUT2D eigenvalue weighted by Gasteiger charge is 2.40. The molecular weight excluding hydrogens is 458 g/mol. The molecule has 2 aromatic rings. The molecule has 0 aliphatic carbocycles. The summed E-state index contributed by atoms with van der Waals surface area (Å²) in [5.74, 6) is -0.561. The Morgan fingerprint density at radius 1 is 1.15 bits per heavy atom. The maximum atomic E-state index is 13.1. The number of hydrogen-bond donors (Lipinski definition) is 1. The predicted molar refractivity (Wildman–Crippen MR) is 126 cm³/mol. The molecule has 3 rings (SSSR count). The molecule has 0 radical (unpaired) electrons. The standard InChI is InChI=1S/C24H29N3O6S/c1-4-25-23(29)17(2)26(16-18-9-7-10-19(15-18)33-3)22(28)13-8-14-27-24(30)20-11-5-6-12-21(20)34(27,31)32/h5-7,9-12,15,17H,4,8,13-14,16H2,1-3H3,(H,25,29)/t17-/m1/s1. The van der Waals surface area contributed by atoms with Crippen LogP contribution < -0.4 is 10.1 Å². The molecule has 34 heavy (non-hydrogen) atoms. The van der Waals surface area contributed by atoms with Gasteiger partial charge in [0.05, 0.1) is 12.7 Å². The summed E-state index contributed by atoms with van der Waals surface area (Å²) < 4.78 is 31.5. The van der Waals surface area contributed by atoms with Crippen LogP contribution in [0, 0.1) is 0 Å². The van der Waals surface area contributed by atoms with Gasteiger partial charge >= 0.3 is 0 Å². The number of amides is 3. The fourth-order valence-corrected chi connectivity index (χ4v) is 5.45. The van der Waals surface area contributed by atoms with E-state index in [1.807, 2.05) is 6.07 Å². The third kappa shape index (κ3) is 5.22. The molecule has 182 valence electrons. The van der Waals surface area contributed by atoms with Crippen LogP contribution >= 0.6 is 0 Å². The van der Waals surface area contributed by atoms with Crippen LogP contribution in [-0.2, 0) is 26.2 Å². The number of nitrogens with one attached hydrogen (secondary N) is 1. The van der Waals surface area contributed by atoms with E-state index in [1.165, 1.54) is 17.0 Å². The molecule has 1 N–H and O–H groups in total. The van der Waals surface area contributed by atoms with Crippen molar-refractivity contribution in [3.05, 3.63) is 59.7 Å². The monoisotopic (exact) mass is 487 g/mol. The lowest BCUT2D eigenvalue weighted by molar-refractivity contribution is -0.140. The molecule has 0 fully saturated rings. The molecule has 1 aliphatic rings. The van der Waals surface area contributed by atoms with Crippen molar-refractivity contribution in [3.8, 4) is 5.75 Å². The van der Waals surface area contributed by atoms with Gasteiger partial charge in [0.1, 0.15) is 16.7 Å². The zero-order chi connectivity index (χ0) is 24.9. The van der Waals surface area contributed by atoms with Gasteiger partial charge in [-0.3, -0.25) is 14.4 Å². The van der Waals surface area contributed by atoms with Crippen LogP contribution in [0.2, 0.25) is 0 Å². The SMILES string of the molecule is CCNC(=O)[C@@H](C)N(Cc1cccc(OC)c1)C(=O)CCCN1C(=O)c2ccccc2S1(=O)=O. The van der Waals surface area contributed by atoms with Crippen molar-refractivity contribution >= 4 is 27.7 Å². The average Bonchev–Trinajstić information content (AvgIpc) is 3.03. The minimum Gasteiger partial charge on any atom is -0.497 e. The average molecular weight is 488 g/mol. The number of fused-ring (bicyclic) bond motifs is 1. The quantitative estimate of drug-likeness (QED) is 0.550. The van der Waals surface area contributed by atoms with E-state index in [9.17, 15) is 22.8 Å². The molecule has 1 aliphatic heterocycles. The Kier molecular flexibility index (Phi) is 7.93. The number of rotatable bonds is 10. The second-order valence-corrected chi connectivity index (χ2v) is 9.76. The fraction of sp³-hybridized carbons (Fsp3) is 0.375. The van der Waals surface area contributed by atoms with Gasteiger partial charge < -0.3 is 15.0 Å². The smallest absolute Gasteiger partial charge is 0.269 e. The second-order valence-electron chi connectivity index (χ2n) is 7.93. The summed E-state index contributed by atoms with van der Waals surface area (Å²) >= 11 is 0. The first-order chi connectivity index (χ1) is 16.2. The molecule has 0 unspecified atom stereocenters. The van der Waals surface area contributed by atoms with Crippen molar-refractivity contribution in [1.29, 1.82) is 0 Å². The zero-order valence-electron chi connectivity index (χ0n) is 19.5. The topological polar surface area (TPSA) is 113 Å². The lowest BCUT2D eigenvalue weighted by Crippen LogP contribution is -2.47. The highest BCUT2D eigenvalue weighted by atomic mass is 32.2. The highest BCUT2D eigenvalue weighted by molar-refractivity contribution is 7.90. The van der Waals surface area contributed by atoms with Gasteiger partial charge in [0, 0.05) is 26.1 Å². The molecule has 9 nitrogen and oxygen atoms in total. The fourth-order valence-electron chi connectivity index (χ4n) is 3.84. The van der Waals surface area contributed by atoms with Gasteiger partial charge in [-0.1, -0.05) is 24.3 Å². The van der Waals surface area contributed by atoms with E-state index in [2.05, 4.69) is 5.32 Å². The van der Waals surface area contributed by atoms with Crippen molar-refractivity contribution in [2.45, 2.75) is 44.2 Å². The van der Waals surface area contributed by atoms with E-state index in [4.69, 9.17) is 4.74 Å². The van der Waals surface area contributed by atoms with Crippen molar-refractivity contribution in [2.75, 3.05) is 20.2 Å². The van der Waals surface area contributed by atoms with Crippen LogP contribution in [0.3, 0.4) is 0 Å². The van der Waals surface area contributed by atoms with Gasteiger partial charge in [0.25, 0.3) is 15.9 Å². The summed E-state index contributed by atoms with van der Waals surface area (Å²) in [5, 5.41) is 2.73. The first-order valence-corrected chi connectivity index (χ1v) is 12.5. The molecular formula is C24H29N3O6S. The Morgan fingerprint density at radius 2 is 1.88 bits per heavy atom. The summed E-state index contributed by atoms with van der Waals surface area (Å²) in [6, 6.07) is 12.5. The number of sulfonamides is 1. The minimum atomic E-state index is -3.93. The molecule has 0 aromatic heterocycles. The molecule has 1 heterocycles. The normalized spacial score (nSPS) is 14.9. The molecule has 3 amide bonds. The Hall–Kier alpha value is -3.40. The van der Waals surface area contributed by atoms with Crippen molar-refractivity contribution < 1.29 is 27.5 Å². The van der Waals surface area contributed by atoms with Crippen molar-refractivity contribution in [1.82, 2.24) is 14.5 Å². The Balaban J connectivity index is 1.71. The van der Waals surface area contributed by atoms with Crippen LogP contribution in [0.5, 0.6) is 5.75 Å². The summed E-state index contributed by atoms with van der Waals surface area (Å²) in [7, 11) is -2.38. The number of ether oxygens (including phenoxy) is 1. The summed E-state index contributed by atoms with van der Waals surface area (Å²) in [6.07, 6.45) is 0.109. The lowest BCUT2D eigenvalue weighted by atomic mass is 10.1. The summed E-state index contributed by atoms with van der Waals surface area (Å²) in [4.78, 5) is 39.6. The largest absolute Gasteiger partial charge is 0.497 e. The maximum absolute atomic E-state index is 13.1. The highest BCUT2D eigenvalue weighted by Crippen LogP contribution is 2.30. The lowest BCUT2D eigenvalue weighted by Gasteiger charge is -2.29. The van der Waals surface area contributed by atoms with Crippen LogP contribution in [0.1, 0.15) is 42.6 Å². The van der Waals surface area contributed by atoms with E-state index in [-0.39, 0.29) is 48.2 Å². The molecule has 2 aromatic carbocycles. The van der Waals surface area contributed by atoms with Gasteiger partial charge in [-0.2, -0.15) is 0 Å². The number of carbonyl (C=O) groups is 3. The Morgan fingerprint density at radius 3 is 2.56 bits per heavy atom. The first-order valence-electron chi connectivity index (χ1n) is 11.1. The summed E-state index contributed by atoms with van der Waals surface area (Å²) in [5.41, 5.74) is 0.926. The third-order valence-electron chi connectivity index (χ3n) is 5.67. The van der Waals surface area contributed by atoms with Crippen molar-refractivity contribution in [2.24, 2.45) is 0 Å². The number of likely N-dealkylation sites (N-methyl/N-ethyl adjacent to an activating group) is 1. The maximum Gasteiger partial charge on any atom is 0.269 e. The number of hydrogen-bond acceptors (Lipinski definition) is 6. The molecule has 10 heteroatoms. The van der Waals surface area contributed by atoms with E-state index >= 15 is 0 Å². The molecule has 0 saturated heterocycles. The Labute approximate surface area is 199 Å². The molecule has 0 spiro atoms. The van der Waals surface area contributed by atoms with Crippen molar-refractivity contribution in [3.63, 3.8) is 0 Å². The van der Waals surface area contributed by atoms with E-state index in [0.29, 0.717) is 12.3 Å². The van der Waals surface area contributed by atoms with E-state index in [1.54, 1.807) is 51.3 Å². The summed E-state index contributed by atoms with van der Waals surface area (Å²) in [6.45, 7) is 3.93. The van der Waals surface area contributed by atoms with Crippen LogP contribution in [-0.4, -0.2) is 61.6 Å². The van der Waals surface area contributed by atoms with Crippen LogP contribution in [0.4, 0.5) is 0 Å². The second kappa shape index (κ2) is 10.7. The van der Waals surface area contributed by atoms with Crippen LogP contribution in [0.15, 0.2) is 53.4 Å². The number of benzene rings is 2. The Bertz CT molecular complexity index is 1180. The number of nitrogens with zero attached hydrogens (tertiary/aromatic N) is 2. The molecule has 1 atom stereocenters. The van der Waals surface area contributed by atoms with Gasteiger partial charge in [0.15, 0.2) is 0 Å². The molecule has 0 bridgehead atoms. The van der Waals surface area contributed by atoms with Gasteiger partial charge in [-0.15, -0.1) is 0 Å². The predicted octanol–water partition coefficient (Wildman–Crippen LogP) is 2.17. The number of methoxy groups -OCH3 is 1. The van der Waals surface area contributed by atoms with E-state index in [0.717, 1.165) is 9.87 Å². The zero-order valence-corrected chi connectivity index (χ0v) is 20.3. The number of carbonyl (C=O) groups excluding carboxylic acids is 3. The van der Waals surface area contributed by atoms with Crippen LogP contribution in [0.25, 0.3) is 0 Å².